The van der Waals surface area contributed by atoms with Gasteiger partial charge in [-0.25, -0.2) is 4.79 Å². The summed E-state index contributed by atoms with van der Waals surface area (Å²) < 4.78 is 5.58. The molecule has 28 heavy (non-hydrogen) atoms. The summed E-state index contributed by atoms with van der Waals surface area (Å²) in [6.07, 6.45) is 2.21. The van der Waals surface area contributed by atoms with Gasteiger partial charge in [-0.3, -0.25) is 4.90 Å². The Bertz CT molecular complexity index is 547. The molecule has 1 amide bonds. The molecule has 0 atom stereocenters. The fourth-order valence-electron chi connectivity index (χ4n) is 3.07. The highest BCUT2D eigenvalue weighted by molar-refractivity contribution is 7.99. The molecule has 0 aromatic heterocycles. The molecule has 1 heterocycles. The first-order chi connectivity index (χ1) is 13.4. The molecule has 0 bridgehead atoms. The third-order valence-electron chi connectivity index (χ3n) is 4.44. The molecule has 1 saturated heterocycles. The van der Waals surface area contributed by atoms with Crippen LogP contribution in [0, 0.1) is 0 Å². The minimum absolute atomic E-state index is 0.171. The number of rotatable bonds is 2. The molecule has 1 fully saturated rings. The van der Waals surface area contributed by atoms with Crippen molar-refractivity contribution in [2.45, 2.75) is 45.8 Å². The van der Waals surface area contributed by atoms with Gasteiger partial charge in [0.15, 0.2) is 0 Å². The zero-order chi connectivity index (χ0) is 20.2. The SMILES string of the molecule is CC(C)(C)OC(=O)N1CCSCCCN(Cc2ccccc2)CCCSCC1. The predicted molar refractivity (Wildman–Crippen MR) is 123 cm³/mol. The maximum absolute atomic E-state index is 12.4. The van der Waals surface area contributed by atoms with Crippen LogP contribution in [-0.4, -0.2) is 70.7 Å². The van der Waals surface area contributed by atoms with Crippen LogP contribution in [0.4, 0.5) is 4.79 Å². The van der Waals surface area contributed by atoms with E-state index in [9.17, 15) is 4.79 Å². The lowest BCUT2D eigenvalue weighted by Gasteiger charge is -2.28. The quantitative estimate of drug-likeness (QED) is 0.668. The lowest BCUT2D eigenvalue weighted by atomic mass is 10.2. The molecular weight excluding hydrogens is 388 g/mol. The second-order valence-electron chi connectivity index (χ2n) is 8.16. The van der Waals surface area contributed by atoms with Crippen LogP contribution < -0.4 is 0 Å². The molecule has 6 heteroatoms. The van der Waals surface area contributed by atoms with Crippen LogP contribution in [0.2, 0.25) is 0 Å². The molecule has 1 aliphatic rings. The zero-order valence-corrected chi connectivity index (χ0v) is 19.3. The van der Waals surface area contributed by atoms with Crippen molar-refractivity contribution in [2.24, 2.45) is 0 Å². The van der Waals surface area contributed by atoms with E-state index in [0.29, 0.717) is 0 Å². The number of hydrogen-bond acceptors (Lipinski definition) is 5. The molecule has 0 saturated carbocycles. The zero-order valence-electron chi connectivity index (χ0n) is 17.7. The summed E-state index contributed by atoms with van der Waals surface area (Å²) in [6.45, 7) is 10.7. The van der Waals surface area contributed by atoms with Gasteiger partial charge in [-0.05, 0) is 63.8 Å². The van der Waals surface area contributed by atoms with Gasteiger partial charge in [-0.2, -0.15) is 23.5 Å². The first-order valence-corrected chi connectivity index (χ1v) is 12.6. The Hall–Kier alpha value is -0.850. The van der Waals surface area contributed by atoms with E-state index in [1.54, 1.807) is 0 Å². The Balaban J connectivity index is 1.82. The van der Waals surface area contributed by atoms with Crippen molar-refractivity contribution in [2.75, 3.05) is 49.2 Å². The summed E-state index contributed by atoms with van der Waals surface area (Å²) >= 11 is 3.89. The summed E-state index contributed by atoms with van der Waals surface area (Å²) in [5.74, 6) is 4.23. The topological polar surface area (TPSA) is 32.8 Å². The summed E-state index contributed by atoms with van der Waals surface area (Å²) in [6, 6.07) is 10.8. The second kappa shape index (κ2) is 12.7. The van der Waals surface area contributed by atoms with E-state index < -0.39 is 5.60 Å². The van der Waals surface area contributed by atoms with Crippen LogP contribution in [0.3, 0.4) is 0 Å². The van der Waals surface area contributed by atoms with Gasteiger partial charge in [0.1, 0.15) is 5.60 Å². The monoisotopic (exact) mass is 424 g/mol. The van der Waals surface area contributed by atoms with E-state index in [2.05, 4.69) is 35.2 Å². The van der Waals surface area contributed by atoms with Crippen LogP contribution in [-0.2, 0) is 11.3 Å². The maximum atomic E-state index is 12.4. The normalized spacial score (nSPS) is 19.0. The Kier molecular flexibility index (Phi) is 10.6. The number of nitrogens with zero attached hydrogens (tertiary/aromatic N) is 2. The van der Waals surface area contributed by atoms with E-state index in [4.69, 9.17) is 4.74 Å². The standard InChI is InChI=1S/C22H36N2O2S2/c1-22(2,3)26-21(25)24-13-17-27-15-7-11-23(12-8-16-28-18-14-24)19-20-9-5-4-6-10-20/h4-6,9-10H,7-8,11-19H2,1-3H3. The van der Waals surface area contributed by atoms with Crippen LogP contribution in [0.15, 0.2) is 30.3 Å². The molecule has 2 rings (SSSR count). The van der Waals surface area contributed by atoms with Crippen LogP contribution >= 0.6 is 23.5 Å². The third kappa shape index (κ3) is 10.1. The largest absolute Gasteiger partial charge is 0.444 e. The summed E-state index contributed by atoms with van der Waals surface area (Å²) in [5, 5.41) is 0. The first kappa shape index (κ1) is 23.4. The molecule has 1 aromatic rings. The molecule has 0 spiro atoms. The van der Waals surface area contributed by atoms with Gasteiger partial charge in [0.2, 0.25) is 0 Å². The van der Waals surface area contributed by atoms with E-state index in [1.807, 2.05) is 49.2 Å². The van der Waals surface area contributed by atoms with Crippen molar-refractivity contribution < 1.29 is 9.53 Å². The number of carbonyl (C=O) groups is 1. The number of ether oxygens (including phenoxy) is 1. The highest BCUT2D eigenvalue weighted by Crippen LogP contribution is 2.15. The maximum Gasteiger partial charge on any atom is 0.410 e. The number of benzene rings is 1. The minimum atomic E-state index is -0.432. The Labute approximate surface area is 179 Å². The van der Waals surface area contributed by atoms with Gasteiger partial charge in [0.05, 0.1) is 0 Å². The fourth-order valence-corrected chi connectivity index (χ4v) is 4.84. The van der Waals surface area contributed by atoms with Crippen molar-refractivity contribution in [1.82, 2.24) is 9.80 Å². The average molecular weight is 425 g/mol. The number of hydrogen-bond donors (Lipinski definition) is 0. The molecule has 0 unspecified atom stereocenters. The van der Waals surface area contributed by atoms with E-state index in [-0.39, 0.29) is 6.09 Å². The highest BCUT2D eigenvalue weighted by Gasteiger charge is 2.21. The highest BCUT2D eigenvalue weighted by atomic mass is 32.2. The third-order valence-corrected chi connectivity index (χ3v) is 6.54. The molecule has 0 radical (unpaired) electrons. The minimum Gasteiger partial charge on any atom is -0.444 e. The van der Waals surface area contributed by atoms with Gasteiger partial charge in [0, 0.05) is 31.1 Å². The van der Waals surface area contributed by atoms with Gasteiger partial charge in [-0.15, -0.1) is 0 Å². The summed E-state index contributed by atoms with van der Waals surface area (Å²) in [7, 11) is 0. The molecule has 4 nitrogen and oxygen atoms in total. The van der Waals surface area contributed by atoms with E-state index in [0.717, 1.165) is 55.7 Å². The molecule has 0 N–H and O–H groups in total. The van der Waals surface area contributed by atoms with Gasteiger partial charge < -0.3 is 9.64 Å². The molecular formula is C22H36N2O2S2. The number of thioether (sulfide) groups is 2. The second-order valence-corrected chi connectivity index (χ2v) is 10.6. The Morgan fingerprint density at radius 1 is 0.929 bits per heavy atom. The summed E-state index contributed by atoms with van der Waals surface area (Å²) in [4.78, 5) is 16.9. The lowest BCUT2D eigenvalue weighted by Crippen LogP contribution is -2.39. The first-order valence-electron chi connectivity index (χ1n) is 10.3. The molecule has 0 aliphatic carbocycles. The van der Waals surface area contributed by atoms with Crippen molar-refractivity contribution >= 4 is 29.6 Å². The van der Waals surface area contributed by atoms with Crippen molar-refractivity contribution in [3.05, 3.63) is 35.9 Å². The van der Waals surface area contributed by atoms with Gasteiger partial charge in [0.25, 0.3) is 0 Å². The van der Waals surface area contributed by atoms with E-state index >= 15 is 0 Å². The van der Waals surface area contributed by atoms with Crippen LogP contribution in [0.1, 0.15) is 39.2 Å². The van der Waals surface area contributed by atoms with Crippen molar-refractivity contribution in [3.63, 3.8) is 0 Å². The Morgan fingerprint density at radius 2 is 1.50 bits per heavy atom. The summed E-state index contributed by atoms with van der Waals surface area (Å²) in [5.41, 5.74) is 0.968. The molecule has 1 aromatic carbocycles. The number of amides is 1. The van der Waals surface area contributed by atoms with Crippen molar-refractivity contribution in [3.8, 4) is 0 Å². The molecule has 1 aliphatic heterocycles. The lowest BCUT2D eigenvalue weighted by molar-refractivity contribution is 0.0274. The number of carbonyl (C=O) groups excluding carboxylic acids is 1. The van der Waals surface area contributed by atoms with Gasteiger partial charge >= 0.3 is 6.09 Å². The van der Waals surface area contributed by atoms with Crippen LogP contribution in [0.5, 0.6) is 0 Å². The van der Waals surface area contributed by atoms with Crippen LogP contribution in [0.25, 0.3) is 0 Å². The fraction of sp³-hybridized carbons (Fsp3) is 0.682. The van der Waals surface area contributed by atoms with Crippen molar-refractivity contribution in [1.29, 1.82) is 0 Å². The average Bonchev–Trinajstić information content (AvgIpc) is 2.64. The van der Waals surface area contributed by atoms with Gasteiger partial charge in [-0.1, -0.05) is 30.3 Å². The smallest absolute Gasteiger partial charge is 0.410 e. The predicted octanol–water partition coefficient (Wildman–Crippen LogP) is 4.99. The van der Waals surface area contributed by atoms with E-state index in [1.165, 1.54) is 18.4 Å². The molecule has 158 valence electrons. The Morgan fingerprint density at radius 3 is 2.04 bits per heavy atom.